The van der Waals surface area contributed by atoms with Crippen LogP contribution in [0, 0.1) is 6.92 Å². The molecule has 0 radical (unpaired) electrons. The third-order valence-corrected chi connectivity index (χ3v) is 6.81. The first-order valence-corrected chi connectivity index (χ1v) is 12.3. The summed E-state index contributed by atoms with van der Waals surface area (Å²) >= 11 is 0. The number of carbonyl (C=O) groups is 2. The third-order valence-electron chi connectivity index (χ3n) is 6.81. The van der Waals surface area contributed by atoms with E-state index in [1.807, 2.05) is 73.7 Å². The Labute approximate surface area is 218 Å². The molecule has 3 aromatic carbocycles. The fourth-order valence-electron chi connectivity index (χ4n) is 4.97. The van der Waals surface area contributed by atoms with Crippen molar-refractivity contribution in [1.29, 1.82) is 0 Å². The van der Waals surface area contributed by atoms with Crippen LogP contribution in [0.5, 0.6) is 5.88 Å². The quantitative estimate of drug-likeness (QED) is 0.355. The highest BCUT2D eigenvalue weighted by atomic mass is 16.5. The first-order valence-electron chi connectivity index (χ1n) is 12.3. The van der Waals surface area contributed by atoms with Crippen molar-refractivity contribution in [2.75, 3.05) is 5.32 Å². The minimum absolute atomic E-state index is 0.165. The summed E-state index contributed by atoms with van der Waals surface area (Å²) in [5, 5.41) is 7.60. The lowest BCUT2D eigenvalue weighted by Crippen LogP contribution is -2.33. The lowest BCUT2D eigenvalue weighted by atomic mass is 9.88. The molecule has 0 saturated heterocycles. The van der Waals surface area contributed by atoms with Crippen LogP contribution in [0.3, 0.4) is 0 Å². The number of nitrogens with one attached hydrogen (secondary N) is 1. The molecular formula is C30H24N4O4. The zero-order valence-electron chi connectivity index (χ0n) is 20.6. The SMILES string of the molecule is Cc1c2c(=O)n(-c3ccccc3)nc-2c2c(n1Cc1ccccc1)OC(=O)CC2C(=O)Nc1ccccc1. The van der Waals surface area contributed by atoms with Crippen LogP contribution in [-0.4, -0.2) is 26.2 Å². The van der Waals surface area contributed by atoms with E-state index in [0.717, 1.165) is 5.56 Å². The first kappa shape index (κ1) is 23.4. The predicted molar refractivity (Wildman–Crippen MR) is 143 cm³/mol. The lowest BCUT2D eigenvalue weighted by Gasteiger charge is -2.29. The fraction of sp³-hybridized carbons (Fsp3) is 0.133. The largest absolute Gasteiger partial charge is 0.409 e. The average Bonchev–Trinajstić information content (AvgIpc) is 3.29. The Balaban J connectivity index is 1.59. The van der Waals surface area contributed by atoms with Gasteiger partial charge in [0.1, 0.15) is 5.69 Å². The number of para-hydroxylation sites is 2. The molecule has 0 aliphatic carbocycles. The maximum Gasteiger partial charge on any atom is 0.313 e. The van der Waals surface area contributed by atoms with E-state index >= 15 is 0 Å². The third kappa shape index (κ3) is 4.06. The molecule has 1 N–H and O–H groups in total. The molecule has 1 amide bonds. The second-order valence-electron chi connectivity index (χ2n) is 9.24. The van der Waals surface area contributed by atoms with E-state index in [9.17, 15) is 14.4 Å². The molecule has 0 aromatic heterocycles. The van der Waals surface area contributed by atoms with Crippen LogP contribution in [0.1, 0.15) is 29.2 Å². The van der Waals surface area contributed by atoms with E-state index in [-0.39, 0.29) is 23.8 Å². The number of benzene rings is 3. The molecule has 8 heteroatoms. The standard InChI is InChI=1S/C30H24N4O4/c1-19-25-27(32-34(29(25)37)22-15-9-4-10-16-22)26-23(28(36)31-21-13-7-3-8-14-21)17-24(35)38-30(26)33(19)18-20-11-5-2-6-12-20/h2-16,23H,17-18H2,1H3,(H,31,36). The number of ether oxygens (including phenoxy) is 1. The van der Waals surface area contributed by atoms with Crippen molar-refractivity contribution in [2.45, 2.75) is 25.8 Å². The zero-order valence-corrected chi connectivity index (χ0v) is 20.6. The summed E-state index contributed by atoms with van der Waals surface area (Å²) in [4.78, 5) is 40.2. The van der Waals surface area contributed by atoms with Gasteiger partial charge in [0, 0.05) is 11.4 Å². The van der Waals surface area contributed by atoms with Gasteiger partial charge >= 0.3 is 5.97 Å². The molecule has 0 spiro atoms. The smallest absolute Gasteiger partial charge is 0.313 e. The van der Waals surface area contributed by atoms with Crippen LogP contribution in [-0.2, 0) is 16.1 Å². The molecule has 8 nitrogen and oxygen atoms in total. The molecule has 1 atom stereocenters. The Kier molecular flexibility index (Phi) is 5.84. The van der Waals surface area contributed by atoms with E-state index < -0.39 is 11.9 Å². The Hall–Kier alpha value is -4.98. The molecule has 3 aromatic rings. The van der Waals surface area contributed by atoms with Crippen molar-refractivity contribution >= 4 is 17.6 Å². The van der Waals surface area contributed by atoms with Gasteiger partial charge in [0.05, 0.1) is 35.7 Å². The molecule has 3 aliphatic rings. The van der Waals surface area contributed by atoms with Gasteiger partial charge in [-0.25, -0.2) is 0 Å². The Morgan fingerprint density at radius 3 is 2.26 bits per heavy atom. The van der Waals surface area contributed by atoms with Crippen molar-refractivity contribution in [2.24, 2.45) is 0 Å². The fourth-order valence-corrected chi connectivity index (χ4v) is 4.97. The highest BCUT2D eigenvalue weighted by molar-refractivity contribution is 6.01. The summed E-state index contributed by atoms with van der Waals surface area (Å²) in [5.74, 6) is -1.54. The van der Waals surface area contributed by atoms with Crippen molar-refractivity contribution in [1.82, 2.24) is 14.3 Å². The number of carbonyl (C=O) groups excluding carboxylic acids is 2. The maximum absolute atomic E-state index is 13.8. The number of hydrogen-bond acceptors (Lipinski definition) is 5. The first-order chi connectivity index (χ1) is 18.5. The van der Waals surface area contributed by atoms with Crippen LogP contribution in [0.25, 0.3) is 16.9 Å². The van der Waals surface area contributed by atoms with E-state index in [2.05, 4.69) is 10.4 Å². The van der Waals surface area contributed by atoms with Crippen LogP contribution < -0.4 is 15.6 Å². The van der Waals surface area contributed by atoms with Crippen LogP contribution in [0.2, 0.25) is 0 Å². The van der Waals surface area contributed by atoms with Crippen molar-refractivity contribution in [3.8, 4) is 22.8 Å². The van der Waals surface area contributed by atoms with E-state index in [1.165, 1.54) is 4.68 Å². The second-order valence-corrected chi connectivity index (χ2v) is 9.24. The summed E-state index contributed by atoms with van der Waals surface area (Å²) in [6, 6.07) is 27.8. The number of anilines is 1. The highest BCUT2D eigenvalue weighted by Gasteiger charge is 2.41. The summed E-state index contributed by atoms with van der Waals surface area (Å²) in [7, 11) is 0. The number of aromatic nitrogens is 3. The van der Waals surface area contributed by atoms with Gasteiger partial charge in [0.25, 0.3) is 5.56 Å². The molecule has 6 rings (SSSR count). The molecule has 0 saturated carbocycles. The number of hydrogen-bond donors (Lipinski definition) is 1. The maximum atomic E-state index is 13.8. The van der Waals surface area contributed by atoms with Crippen molar-refractivity contribution in [3.63, 3.8) is 0 Å². The summed E-state index contributed by atoms with van der Waals surface area (Å²) < 4.78 is 8.94. The molecule has 188 valence electrons. The molecule has 1 unspecified atom stereocenters. The Morgan fingerprint density at radius 1 is 0.947 bits per heavy atom. The van der Waals surface area contributed by atoms with Crippen LogP contribution >= 0.6 is 0 Å². The van der Waals surface area contributed by atoms with E-state index in [4.69, 9.17) is 4.74 Å². The number of esters is 1. The molecule has 3 heterocycles. The van der Waals surface area contributed by atoms with Crippen molar-refractivity contribution < 1.29 is 14.3 Å². The number of rotatable bonds is 5. The van der Waals surface area contributed by atoms with Crippen LogP contribution in [0.4, 0.5) is 5.69 Å². The number of pyridine rings is 1. The summed E-state index contributed by atoms with van der Waals surface area (Å²) in [5.41, 5.74) is 3.65. The lowest BCUT2D eigenvalue weighted by molar-refractivity contribution is -0.138. The van der Waals surface area contributed by atoms with E-state index in [1.54, 1.807) is 28.8 Å². The normalized spacial score (nSPS) is 14.7. The van der Waals surface area contributed by atoms with Gasteiger partial charge in [-0.05, 0) is 36.8 Å². The van der Waals surface area contributed by atoms with Crippen LogP contribution in [0.15, 0.2) is 95.8 Å². The molecule has 3 aliphatic heterocycles. The Morgan fingerprint density at radius 2 is 1.58 bits per heavy atom. The average molecular weight is 505 g/mol. The van der Waals surface area contributed by atoms with Gasteiger partial charge < -0.3 is 14.6 Å². The predicted octanol–water partition coefficient (Wildman–Crippen LogP) is 4.53. The molecule has 0 bridgehead atoms. The van der Waals surface area contributed by atoms with Gasteiger partial charge in [-0.1, -0.05) is 66.7 Å². The topological polar surface area (TPSA) is 95.2 Å². The van der Waals surface area contributed by atoms with Crippen molar-refractivity contribution in [3.05, 3.63) is 118 Å². The number of nitrogens with zero attached hydrogens (tertiary/aromatic N) is 3. The Bertz CT molecular complexity index is 1670. The van der Waals surface area contributed by atoms with Gasteiger partial charge in [-0.15, -0.1) is 0 Å². The van der Waals surface area contributed by atoms with Gasteiger partial charge in [0.15, 0.2) is 0 Å². The summed E-state index contributed by atoms with van der Waals surface area (Å²) in [6.45, 7) is 2.16. The minimum Gasteiger partial charge on any atom is -0.409 e. The number of amides is 1. The molecule has 38 heavy (non-hydrogen) atoms. The monoisotopic (exact) mass is 504 g/mol. The number of fused-ring (bicyclic) bond motifs is 3. The molecular weight excluding hydrogens is 480 g/mol. The summed E-state index contributed by atoms with van der Waals surface area (Å²) in [6.07, 6.45) is -0.165. The van der Waals surface area contributed by atoms with Gasteiger partial charge in [-0.2, -0.15) is 9.78 Å². The zero-order chi connectivity index (χ0) is 26.2. The molecule has 0 fully saturated rings. The second kappa shape index (κ2) is 9.48. The van der Waals surface area contributed by atoms with Gasteiger partial charge in [-0.3, -0.25) is 14.4 Å². The highest BCUT2D eigenvalue weighted by Crippen LogP contribution is 2.43. The van der Waals surface area contributed by atoms with Gasteiger partial charge in [0.2, 0.25) is 11.8 Å². The minimum atomic E-state index is -0.893. The van der Waals surface area contributed by atoms with E-state index in [0.29, 0.717) is 40.4 Å².